The van der Waals surface area contributed by atoms with Crippen LogP contribution in [-0.4, -0.2) is 37.0 Å². The van der Waals surface area contributed by atoms with Crippen LogP contribution in [0.25, 0.3) is 0 Å². The van der Waals surface area contributed by atoms with Gasteiger partial charge < -0.3 is 9.47 Å². The van der Waals surface area contributed by atoms with Gasteiger partial charge in [0.2, 0.25) is 11.9 Å². The fourth-order valence-corrected chi connectivity index (χ4v) is 4.12. The van der Waals surface area contributed by atoms with E-state index in [1.807, 2.05) is 24.3 Å². The summed E-state index contributed by atoms with van der Waals surface area (Å²) in [5, 5.41) is 3.87. The molecule has 1 aliphatic heterocycles. The van der Waals surface area contributed by atoms with Crippen LogP contribution in [0.15, 0.2) is 36.5 Å². The number of halogens is 2. The van der Waals surface area contributed by atoms with Gasteiger partial charge in [-0.1, -0.05) is 29.8 Å². The van der Waals surface area contributed by atoms with Crippen molar-refractivity contribution in [2.45, 2.75) is 24.3 Å². The van der Waals surface area contributed by atoms with E-state index in [1.54, 1.807) is 0 Å². The molecule has 2 heterocycles. The monoisotopic (exact) mass is 391 g/mol. The van der Waals surface area contributed by atoms with Gasteiger partial charge in [-0.3, -0.25) is 15.0 Å². The molecule has 0 radical (unpaired) electrons. The highest BCUT2D eigenvalue weighted by molar-refractivity contribution is 6.31. The van der Waals surface area contributed by atoms with Crippen molar-refractivity contribution >= 4 is 23.2 Å². The molecular formula is C19H19ClFN3O3. The van der Waals surface area contributed by atoms with Crippen molar-refractivity contribution in [3.8, 4) is 5.75 Å². The number of amides is 1. The summed E-state index contributed by atoms with van der Waals surface area (Å²) in [6.07, 6.45) is 2.41. The molecule has 1 spiro atoms. The minimum atomic E-state index is -0.826. The average molecular weight is 392 g/mol. The van der Waals surface area contributed by atoms with Crippen molar-refractivity contribution in [1.82, 2.24) is 10.3 Å². The predicted octanol–water partition coefficient (Wildman–Crippen LogP) is 3.07. The lowest BCUT2D eigenvalue weighted by molar-refractivity contribution is -0.128. The summed E-state index contributed by atoms with van der Waals surface area (Å²) in [5.74, 6) is -0.645. The van der Waals surface area contributed by atoms with Gasteiger partial charge in [0.1, 0.15) is 23.7 Å². The predicted molar refractivity (Wildman–Crippen MR) is 98.3 cm³/mol. The molecule has 6 nitrogen and oxygen atoms in total. The molecule has 1 N–H and O–H groups in total. The largest absolute Gasteiger partial charge is 0.494 e. The number of carbonyl (C=O) groups excluding carboxylic acids is 1. The Morgan fingerprint density at radius 3 is 2.89 bits per heavy atom. The van der Waals surface area contributed by atoms with Gasteiger partial charge in [-0.15, -0.1) is 0 Å². The van der Waals surface area contributed by atoms with Gasteiger partial charge in [0.15, 0.2) is 0 Å². The van der Waals surface area contributed by atoms with Crippen molar-refractivity contribution in [2.24, 2.45) is 0 Å². The quantitative estimate of drug-likeness (QED) is 0.815. The van der Waals surface area contributed by atoms with E-state index in [0.717, 1.165) is 5.56 Å². The summed E-state index contributed by atoms with van der Waals surface area (Å²) in [4.78, 5) is 18.3. The highest BCUT2D eigenvalue weighted by Crippen LogP contribution is 2.48. The summed E-state index contributed by atoms with van der Waals surface area (Å²) >= 11 is 6.30. The van der Waals surface area contributed by atoms with E-state index < -0.39 is 11.5 Å². The molecule has 142 valence electrons. The minimum absolute atomic E-state index is 0.00531. The molecule has 4 rings (SSSR count). The third-order valence-corrected chi connectivity index (χ3v) is 5.60. The van der Waals surface area contributed by atoms with Crippen molar-refractivity contribution in [3.63, 3.8) is 0 Å². The number of ether oxygens (including phenoxy) is 2. The summed E-state index contributed by atoms with van der Waals surface area (Å²) in [6.45, 7) is 0.116. The van der Waals surface area contributed by atoms with E-state index in [2.05, 4.69) is 10.3 Å². The molecule has 1 saturated carbocycles. The normalized spacial score (nSPS) is 25.2. The van der Waals surface area contributed by atoms with Crippen LogP contribution in [0, 0.1) is 5.95 Å². The van der Waals surface area contributed by atoms with E-state index >= 15 is 0 Å². The lowest BCUT2D eigenvalue weighted by Crippen LogP contribution is -2.63. The molecule has 1 aromatic carbocycles. The molecule has 2 aliphatic rings. The first-order valence-corrected chi connectivity index (χ1v) is 9.01. The molecule has 27 heavy (non-hydrogen) atoms. The number of hydrogen-bond acceptors (Lipinski definition) is 5. The van der Waals surface area contributed by atoms with Crippen LogP contribution in [-0.2, 0) is 9.53 Å². The molecule has 1 saturated heterocycles. The van der Waals surface area contributed by atoms with E-state index in [9.17, 15) is 9.18 Å². The van der Waals surface area contributed by atoms with Crippen molar-refractivity contribution in [2.75, 3.05) is 25.5 Å². The molecular weight excluding hydrogens is 373 g/mol. The summed E-state index contributed by atoms with van der Waals surface area (Å²) < 4.78 is 25.1. The second-order valence-corrected chi connectivity index (χ2v) is 7.16. The van der Waals surface area contributed by atoms with Crippen molar-refractivity contribution in [3.05, 3.63) is 53.1 Å². The number of nitrogens with one attached hydrogen (secondary N) is 1. The van der Waals surface area contributed by atoms with Crippen LogP contribution < -0.4 is 15.0 Å². The van der Waals surface area contributed by atoms with Gasteiger partial charge in [0.25, 0.3) is 0 Å². The Hall–Kier alpha value is -2.22. The maximum atomic E-state index is 14.4. The molecule has 1 aromatic heterocycles. The Balaban J connectivity index is 1.63. The number of pyridine rings is 1. The fraction of sp³-hybridized carbons (Fsp3) is 0.368. The highest BCUT2D eigenvalue weighted by atomic mass is 35.5. The lowest BCUT2D eigenvalue weighted by atomic mass is 9.65. The van der Waals surface area contributed by atoms with E-state index in [4.69, 9.17) is 21.1 Å². The summed E-state index contributed by atoms with van der Waals surface area (Å²) in [6, 6.07) is 9.14. The second-order valence-electron chi connectivity index (χ2n) is 6.75. The molecule has 1 amide bonds. The topological polar surface area (TPSA) is 63.7 Å². The SMILES string of the molecule is COc1ccnc(F)c1N1COCNC2(CC(c3ccccc3Cl)C2)C1=O. The van der Waals surface area contributed by atoms with Crippen LogP contribution in [0.4, 0.5) is 10.1 Å². The summed E-state index contributed by atoms with van der Waals surface area (Å²) in [5.41, 5.74) is 0.184. The average Bonchev–Trinajstić information content (AvgIpc) is 2.80. The zero-order chi connectivity index (χ0) is 19.0. The Morgan fingerprint density at radius 1 is 1.37 bits per heavy atom. The number of carbonyl (C=O) groups is 1. The van der Waals surface area contributed by atoms with Crippen molar-refractivity contribution < 1.29 is 18.7 Å². The first-order chi connectivity index (χ1) is 13.1. The lowest BCUT2D eigenvalue weighted by Gasteiger charge is -2.47. The molecule has 0 bridgehead atoms. The number of benzene rings is 1. The Kier molecular flexibility index (Phi) is 4.75. The smallest absolute Gasteiger partial charge is 0.249 e. The molecule has 2 aromatic rings. The third kappa shape index (κ3) is 3.05. The minimum Gasteiger partial charge on any atom is -0.494 e. The molecule has 8 heteroatoms. The van der Waals surface area contributed by atoms with Gasteiger partial charge in [-0.25, -0.2) is 4.98 Å². The van der Waals surface area contributed by atoms with Crippen LogP contribution in [0.3, 0.4) is 0 Å². The van der Waals surface area contributed by atoms with Gasteiger partial charge >= 0.3 is 0 Å². The number of nitrogens with zero attached hydrogens (tertiary/aromatic N) is 2. The number of aromatic nitrogens is 1. The Morgan fingerprint density at radius 2 is 2.15 bits per heavy atom. The van der Waals surface area contributed by atoms with Crippen molar-refractivity contribution in [1.29, 1.82) is 0 Å². The van der Waals surface area contributed by atoms with Gasteiger partial charge in [0.05, 0.1) is 13.8 Å². The molecule has 0 unspecified atom stereocenters. The van der Waals surface area contributed by atoms with Crippen LogP contribution >= 0.6 is 11.6 Å². The molecule has 0 atom stereocenters. The number of rotatable bonds is 3. The standard InChI is InChI=1S/C19H19ClFN3O3/c1-26-15-6-7-22-17(21)16(15)24-11-27-10-23-19(18(24)25)8-12(9-19)13-4-2-3-5-14(13)20/h2-7,12,23H,8-11H2,1H3. The first-order valence-electron chi connectivity index (χ1n) is 8.63. The second kappa shape index (κ2) is 7.07. The van der Waals surface area contributed by atoms with Gasteiger partial charge in [-0.05, 0) is 30.4 Å². The number of anilines is 1. The number of hydrogen-bond donors (Lipinski definition) is 1. The molecule has 2 fully saturated rings. The summed E-state index contributed by atoms with van der Waals surface area (Å²) in [7, 11) is 1.42. The van der Waals surface area contributed by atoms with Gasteiger partial charge in [-0.2, -0.15) is 4.39 Å². The van der Waals surface area contributed by atoms with E-state index in [-0.39, 0.29) is 36.7 Å². The third-order valence-electron chi connectivity index (χ3n) is 5.25. The van der Waals surface area contributed by atoms with Gasteiger partial charge in [0, 0.05) is 17.3 Å². The first kappa shape index (κ1) is 18.2. The number of methoxy groups -OCH3 is 1. The van der Waals surface area contributed by atoms with Crippen LogP contribution in [0.5, 0.6) is 5.75 Å². The maximum Gasteiger partial charge on any atom is 0.249 e. The van der Waals surface area contributed by atoms with E-state index in [0.29, 0.717) is 17.9 Å². The molecule has 1 aliphatic carbocycles. The highest BCUT2D eigenvalue weighted by Gasteiger charge is 2.54. The Bertz CT molecular complexity index is 873. The zero-order valence-electron chi connectivity index (χ0n) is 14.7. The van der Waals surface area contributed by atoms with E-state index in [1.165, 1.54) is 24.3 Å². The zero-order valence-corrected chi connectivity index (χ0v) is 15.5. The Labute approximate surface area is 161 Å². The van der Waals surface area contributed by atoms with Crippen LogP contribution in [0.2, 0.25) is 5.02 Å². The fourth-order valence-electron chi connectivity index (χ4n) is 3.83. The maximum absolute atomic E-state index is 14.4. The van der Waals surface area contributed by atoms with Crippen LogP contribution in [0.1, 0.15) is 24.3 Å².